The van der Waals surface area contributed by atoms with Crippen LogP contribution < -0.4 is 9.80 Å². The fourth-order valence-corrected chi connectivity index (χ4v) is 9.46. The number of hydrogen-bond donors (Lipinski definition) is 1. The van der Waals surface area contributed by atoms with Crippen LogP contribution in [0.2, 0.25) is 18.6 Å². The van der Waals surface area contributed by atoms with Gasteiger partial charge in [0.05, 0.1) is 24.0 Å². The highest BCUT2D eigenvalue weighted by Gasteiger charge is 2.66. The molecule has 1 N–H and O–H groups in total. The van der Waals surface area contributed by atoms with Crippen LogP contribution in [0, 0.1) is 5.92 Å². The Morgan fingerprint density at radius 3 is 2.61 bits per heavy atom. The van der Waals surface area contributed by atoms with Gasteiger partial charge in [0.25, 0.3) is 5.91 Å². The Balaban J connectivity index is 1.39. The van der Waals surface area contributed by atoms with Crippen molar-refractivity contribution in [2.24, 2.45) is 5.92 Å². The summed E-state index contributed by atoms with van der Waals surface area (Å²) in [6.45, 7) is 6.76. The van der Waals surface area contributed by atoms with Gasteiger partial charge in [-0.05, 0) is 43.3 Å². The van der Waals surface area contributed by atoms with Crippen molar-refractivity contribution in [1.82, 2.24) is 15.0 Å². The second-order valence-corrected chi connectivity index (χ2v) is 15.7. The molecule has 3 aliphatic rings. The molecule has 9 nitrogen and oxygen atoms in total. The van der Waals surface area contributed by atoms with Crippen LogP contribution in [0.4, 0.5) is 15.5 Å². The van der Waals surface area contributed by atoms with Crippen LogP contribution in [0.3, 0.4) is 0 Å². The molecule has 0 radical (unpaired) electrons. The van der Waals surface area contributed by atoms with E-state index in [9.17, 15) is 14.7 Å². The Morgan fingerprint density at radius 1 is 1.17 bits per heavy atom. The van der Waals surface area contributed by atoms with Gasteiger partial charge in [-0.25, -0.2) is 0 Å². The lowest BCUT2D eigenvalue weighted by atomic mass is 9.82. The van der Waals surface area contributed by atoms with Gasteiger partial charge in [-0.3, -0.25) is 14.3 Å². The summed E-state index contributed by atoms with van der Waals surface area (Å²) in [6, 6.07) is 15.5. The molecule has 1 aromatic heterocycles. The van der Waals surface area contributed by atoms with Gasteiger partial charge in [0, 0.05) is 61.4 Å². The van der Waals surface area contributed by atoms with E-state index < -0.39 is 31.6 Å². The number of ether oxygens (including phenoxy) is 1. The standard InChI is InChI=1S/C30H36FN5O4Si/c1-20-28(41(2,3)31)26(11-14-34-19-22(13-16-37)32-33-34)40-30(20)24-17-23(35-15-12-27(35)38)9-10-25(24)36(29(30)39)18-21-7-5-4-6-8-21/h4-10,17,19-20,26,28,37H,11-16,18H2,1-3H3/t20-,26+,28-,30+/m0/s1. The number of aryl methyl sites for hydroxylation is 1. The summed E-state index contributed by atoms with van der Waals surface area (Å²) in [4.78, 5) is 30.4. The maximum absolute atomic E-state index is 16.1. The molecule has 3 aliphatic heterocycles. The van der Waals surface area contributed by atoms with Gasteiger partial charge in [0.15, 0.2) is 5.60 Å². The van der Waals surface area contributed by atoms with Gasteiger partial charge < -0.3 is 23.8 Å². The molecule has 2 aromatic carbocycles. The lowest BCUT2D eigenvalue weighted by Gasteiger charge is -2.33. The van der Waals surface area contributed by atoms with Crippen LogP contribution in [0.5, 0.6) is 0 Å². The highest BCUT2D eigenvalue weighted by Crippen LogP contribution is 2.60. The normalized spacial score (nSPS) is 25.7. The number of aliphatic hydroxyl groups excluding tert-OH is 1. The number of aliphatic hydroxyl groups is 1. The average Bonchev–Trinajstić information content (AvgIpc) is 3.57. The smallest absolute Gasteiger partial charge is 0.264 e. The third-order valence-electron chi connectivity index (χ3n) is 8.89. The van der Waals surface area contributed by atoms with Gasteiger partial charge in [-0.1, -0.05) is 42.5 Å². The molecule has 0 saturated carbocycles. The number of anilines is 2. The Morgan fingerprint density at radius 2 is 1.95 bits per heavy atom. The molecule has 4 heterocycles. The van der Waals surface area contributed by atoms with E-state index in [0.717, 1.165) is 16.9 Å². The van der Waals surface area contributed by atoms with Crippen molar-refractivity contribution in [3.05, 3.63) is 71.5 Å². The Kier molecular flexibility index (Phi) is 7.07. The van der Waals surface area contributed by atoms with Crippen LogP contribution in [-0.4, -0.2) is 59.6 Å². The zero-order chi connectivity index (χ0) is 28.9. The molecule has 216 valence electrons. The van der Waals surface area contributed by atoms with Crippen LogP contribution >= 0.6 is 0 Å². The largest absolute Gasteiger partial charge is 0.396 e. The van der Waals surface area contributed by atoms with Crippen LogP contribution in [-0.2, 0) is 39.4 Å². The van der Waals surface area contributed by atoms with E-state index in [4.69, 9.17) is 4.74 Å². The molecule has 0 unspecified atom stereocenters. The number of hydrogen-bond acceptors (Lipinski definition) is 6. The van der Waals surface area contributed by atoms with E-state index in [0.29, 0.717) is 50.2 Å². The minimum absolute atomic E-state index is 0.0137. The predicted molar refractivity (Wildman–Crippen MR) is 155 cm³/mol. The first-order chi connectivity index (χ1) is 19.6. The number of rotatable bonds is 9. The SMILES string of the molecule is C[C@H]1[C@H]([Si](C)(C)F)[C@@H](CCn2cc(CCO)nn2)O[C@]12C(=O)N(Cc1ccccc1)c1ccc(N3CCC3=O)cc12. The zero-order valence-electron chi connectivity index (χ0n) is 23.7. The number of benzene rings is 2. The van der Waals surface area contributed by atoms with Crippen molar-refractivity contribution in [2.75, 3.05) is 23.0 Å². The molecule has 4 atom stereocenters. The molecule has 2 saturated heterocycles. The van der Waals surface area contributed by atoms with Crippen molar-refractivity contribution in [3.63, 3.8) is 0 Å². The number of fused-ring (bicyclic) bond motifs is 2. The summed E-state index contributed by atoms with van der Waals surface area (Å²) in [5.41, 5.74) is 2.06. The fourth-order valence-electron chi connectivity index (χ4n) is 6.92. The molecular weight excluding hydrogens is 541 g/mol. The number of carbonyl (C=O) groups is 2. The highest BCUT2D eigenvalue weighted by molar-refractivity contribution is 6.72. The number of amides is 2. The van der Waals surface area contributed by atoms with Crippen LogP contribution in [0.15, 0.2) is 54.7 Å². The molecule has 3 aromatic rings. The number of carbonyl (C=O) groups excluding carboxylic acids is 2. The van der Waals surface area contributed by atoms with Gasteiger partial charge in [-0.15, -0.1) is 5.10 Å². The van der Waals surface area contributed by atoms with Gasteiger partial charge in [-0.2, -0.15) is 0 Å². The number of halogens is 1. The van der Waals surface area contributed by atoms with Crippen molar-refractivity contribution >= 4 is 31.6 Å². The average molecular weight is 578 g/mol. The third kappa shape index (κ3) is 4.69. The maximum Gasteiger partial charge on any atom is 0.264 e. The Hall–Kier alpha value is -3.41. The molecule has 2 fully saturated rings. The summed E-state index contributed by atoms with van der Waals surface area (Å²) in [7, 11) is -3.32. The molecule has 41 heavy (non-hydrogen) atoms. The molecule has 1 spiro atoms. The second-order valence-electron chi connectivity index (χ2n) is 11.9. The predicted octanol–water partition coefficient (Wildman–Crippen LogP) is 3.96. The summed E-state index contributed by atoms with van der Waals surface area (Å²) in [5.74, 6) is -0.562. The van der Waals surface area contributed by atoms with E-state index in [1.54, 1.807) is 33.8 Å². The molecular formula is C30H36FN5O4Si. The molecule has 11 heteroatoms. The number of β-lactam (4-membered cyclic amide) rings is 1. The van der Waals surface area contributed by atoms with Crippen LogP contribution in [0.25, 0.3) is 0 Å². The quantitative estimate of drug-likeness (QED) is 0.235. The Labute approximate surface area is 240 Å². The number of nitrogens with zero attached hydrogens (tertiary/aromatic N) is 5. The summed E-state index contributed by atoms with van der Waals surface area (Å²) in [5, 5.41) is 17.5. The first kappa shape index (κ1) is 27.7. The van der Waals surface area contributed by atoms with E-state index in [2.05, 4.69) is 10.3 Å². The third-order valence-corrected chi connectivity index (χ3v) is 11.3. The van der Waals surface area contributed by atoms with Crippen molar-refractivity contribution in [3.8, 4) is 0 Å². The minimum atomic E-state index is -3.32. The van der Waals surface area contributed by atoms with Gasteiger partial charge >= 0.3 is 0 Å². The maximum atomic E-state index is 16.1. The second kappa shape index (κ2) is 10.5. The summed E-state index contributed by atoms with van der Waals surface area (Å²) < 4.78 is 24.7. The lowest BCUT2D eigenvalue weighted by Crippen LogP contribution is -2.45. The topological polar surface area (TPSA) is 101 Å². The fraction of sp³-hybridized carbons (Fsp3) is 0.467. The van der Waals surface area contributed by atoms with E-state index in [-0.39, 0.29) is 18.4 Å². The monoisotopic (exact) mass is 577 g/mol. The van der Waals surface area contributed by atoms with Gasteiger partial charge in [0.1, 0.15) is 0 Å². The number of aromatic nitrogens is 3. The minimum Gasteiger partial charge on any atom is -0.396 e. The molecule has 0 aliphatic carbocycles. The first-order valence-electron chi connectivity index (χ1n) is 14.3. The van der Waals surface area contributed by atoms with Crippen molar-refractivity contribution in [1.29, 1.82) is 0 Å². The van der Waals surface area contributed by atoms with Crippen molar-refractivity contribution < 1.29 is 23.5 Å². The van der Waals surface area contributed by atoms with E-state index in [1.165, 1.54) is 0 Å². The molecule has 6 rings (SSSR count). The van der Waals surface area contributed by atoms with Crippen LogP contribution in [0.1, 0.15) is 36.6 Å². The highest BCUT2D eigenvalue weighted by atomic mass is 28.4. The molecule has 2 amide bonds. The van der Waals surface area contributed by atoms with E-state index in [1.807, 2.05) is 55.5 Å². The summed E-state index contributed by atoms with van der Waals surface area (Å²) >= 11 is 0. The molecule has 0 bridgehead atoms. The summed E-state index contributed by atoms with van der Waals surface area (Å²) in [6.07, 6.45) is 2.65. The Bertz CT molecular complexity index is 1460. The van der Waals surface area contributed by atoms with E-state index >= 15 is 4.11 Å². The first-order valence-corrected chi connectivity index (χ1v) is 17.3. The van der Waals surface area contributed by atoms with Crippen molar-refractivity contribution in [2.45, 2.75) is 69.6 Å². The lowest BCUT2D eigenvalue weighted by molar-refractivity contribution is -0.146. The van der Waals surface area contributed by atoms with Gasteiger partial charge in [0.2, 0.25) is 14.3 Å². The zero-order valence-corrected chi connectivity index (χ0v) is 24.7.